The zero-order chi connectivity index (χ0) is 14.8. The number of aromatic nitrogens is 4. The highest BCUT2D eigenvalue weighted by molar-refractivity contribution is 7.16. The molecule has 0 radical (unpaired) electrons. The molecule has 4 aromatic rings. The van der Waals surface area contributed by atoms with E-state index in [9.17, 15) is 9.90 Å². The van der Waals surface area contributed by atoms with Crippen LogP contribution in [-0.2, 0) is 0 Å². The highest BCUT2D eigenvalue weighted by Gasteiger charge is 2.07. The number of carbonyl (C=O) groups excluding carboxylic acids is 1. The maximum absolute atomic E-state index is 10.3. The lowest BCUT2D eigenvalue weighted by molar-refractivity contribution is 0.111. The van der Waals surface area contributed by atoms with Crippen molar-refractivity contribution in [3.8, 4) is 0 Å². The molecular weight excluding hydrogens is 308 g/mol. The van der Waals surface area contributed by atoms with Crippen molar-refractivity contribution >= 4 is 38.6 Å². The molecule has 0 bridgehead atoms. The molecule has 21 heavy (non-hydrogen) atoms. The van der Waals surface area contributed by atoms with E-state index in [4.69, 9.17) is 0 Å². The minimum atomic E-state index is -0.419. The van der Waals surface area contributed by atoms with E-state index in [2.05, 4.69) is 9.97 Å². The minimum Gasteiger partial charge on any atom is -0.387 e. The molecule has 0 spiro atoms. The standard InChI is InChI=1S/C7H8N2OS.C6H4N2OS/c1-5(10)6-3-11-7-2-8-4-9(6)7;9-2-5-3-10-6-1-7-4-8(5)6/h2-5,10H,1H3;1-4H. The summed E-state index contributed by atoms with van der Waals surface area (Å²) in [7, 11) is 0. The van der Waals surface area contributed by atoms with Gasteiger partial charge in [0.05, 0.1) is 29.9 Å². The number of hydrogen-bond acceptors (Lipinski definition) is 6. The average molecular weight is 320 g/mol. The first kappa shape index (κ1) is 13.9. The summed E-state index contributed by atoms with van der Waals surface area (Å²) in [6.45, 7) is 1.75. The lowest BCUT2D eigenvalue weighted by atomic mass is 10.3. The predicted octanol–water partition coefficient (Wildman–Crippen LogP) is 2.66. The summed E-state index contributed by atoms with van der Waals surface area (Å²) in [4.78, 5) is 20.3. The number of hydrogen-bond donors (Lipinski definition) is 1. The van der Waals surface area contributed by atoms with Gasteiger partial charge in [0.25, 0.3) is 0 Å². The van der Waals surface area contributed by atoms with Crippen LogP contribution in [0.2, 0.25) is 0 Å². The van der Waals surface area contributed by atoms with Crippen molar-refractivity contribution in [2.75, 3.05) is 0 Å². The molecule has 1 N–H and O–H groups in total. The molecule has 4 aromatic heterocycles. The fraction of sp³-hybridized carbons (Fsp3) is 0.154. The van der Waals surface area contributed by atoms with Gasteiger partial charge < -0.3 is 5.11 Å². The Labute approximate surface area is 128 Å². The van der Waals surface area contributed by atoms with Gasteiger partial charge in [0.2, 0.25) is 0 Å². The summed E-state index contributed by atoms with van der Waals surface area (Å²) in [6, 6.07) is 0. The Kier molecular flexibility index (Phi) is 3.82. The monoisotopic (exact) mass is 320 g/mol. The van der Waals surface area contributed by atoms with E-state index in [1.807, 2.05) is 15.2 Å². The van der Waals surface area contributed by atoms with E-state index in [0.29, 0.717) is 5.69 Å². The summed E-state index contributed by atoms with van der Waals surface area (Å²) in [5.41, 5.74) is 1.57. The molecule has 4 rings (SSSR count). The SMILES string of the molecule is CC(O)c1csc2cncn12.O=Cc1csc2cncn12. The van der Waals surface area contributed by atoms with Crippen LogP contribution in [0, 0.1) is 0 Å². The summed E-state index contributed by atoms with van der Waals surface area (Å²) in [5, 5.41) is 13.0. The second-order valence-corrected chi connectivity index (χ2v) is 6.10. The highest BCUT2D eigenvalue weighted by atomic mass is 32.1. The number of carbonyl (C=O) groups is 1. The van der Waals surface area contributed by atoms with E-state index in [0.717, 1.165) is 21.6 Å². The molecule has 0 aliphatic heterocycles. The zero-order valence-electron chi connectivity index (χ0n) is 11.1. The van der Waals surface area contributed by atoms with Crippen LogP contribution >= 0.6 is 22.7 Å². The van der Waals surface area contributed by atoms with Gasteiger partial charge in [-0.25, -0.2) is 9.97 Å². The van der Waals surface area contributed by atoms with E-state index in [1.54, 1.807) is 47.7 Å². The van der Waals surface area contributed by atoms with Crippen LogP contribution < -0.4 is 0 Å². The first-order chi connectivity index (χ1) is 10.2. The first-order valence-electron chi connectivity index (χ1n) is 6.13. The predicted molar refractivity (Wildman–Crippen MR) is 82.2 cm³/mol. The van der Waals surface area contributed by atoms with Crippen molar-refractivity contribution in [3.63, 3.8) is 0 Å². The number of fused-ring (bicyclic) bond motifs is 2. The average Bonchev–Trinajstić information content (AvgIpc) is 3.19. The molecular formula is C13H12N4O2S2. The van der Waals surface area contributed by atoms with Gasteiger partial charge in [0, 0.05) is 10.8 Å². The van der Waals surface area contributed by atoms with Gasteiger partial charge in [0.15, 0.2) is 6.29 Å². The highest BCUT2D eigenvalue weighted by Crippen LogP contribution is 2.20. The Morgan fingerprint density at radius 1 is 1.14 bits per heavy atom. The Morgan fingerprint density at radius 2 is 1.76 bits per heavy atom. The van der Waals surface area contributed by atoms with Gasteiger partial charge in [-0.05, 0) is 6.92 Å². The van der Waals surface area contributed by atoms with Gasteiger partial charge in [-0.3, -0.25) is 13.6 Å². The number of thiazole rings is 2. The second kappa shape index (κ2) is 5.76. The molecule has 0 saturated carbocycles. The Balaban J connectivity index is 0.000000126. The fourth-order valence-corrected chi connectivity index (χ4v) is 3.61. The van der Waals surface area contributed by atoms with Crippen LogP contribution in [0.15, 0.2) is 35.8 Å². The molecule has 6 nitrogen and oxygen atoms in total. The van der Waals surface area contributed by atoms with Gasteiger partial charge in [-0.15, -0.1) is 22.7 Å². The quantitative estimate of drug-likeness (QED) is 0.576. The van der Waals surface area contributed by atoms with E-state index >= 15 is 0 Å². The third-order valence-corrected chi connectivity index (χ3v) is 4.72. The van der Waals surface area contributed by atoms with Gasteiger partial charge in [-0.1, -0.05) is 0 Å². The normalized spacial score (nSPS) is 12.3. The number of aliphatic hydroxyl groups is 1. The molecule has 0 aliphatic rings. The number of aliphatic hydroxyl groups excluding tert-OH is 1. The number of rotatable bonds is 2. The van der Waals surface area contributed by atoms with E-state index in [-0.39, 0.29) is 0 Å². The van der Waals surface area contributed by atoms with Gasteiger partial charge in [-0.2, -0.15) is 0 Å². The Bertz CT molecular complexity index is 871. The molecule has 1 unspecified atom stereocenters. The Morgan fingerprint density at radius 3 is 2.43 bits per heavy atom. The zero-order valence-corrected chi connectivity index (χ0v) is 12.7. The topological polar surface area (TPSA) is 71.9 Å². The van der Waals surface area contributed by atoms with Crippen molar-refractivity contribution in [1.29, 1.82) is 0 Å². The van der Waals surface area contributed by atoms with Crippen molar-refractivity contribution in [2.45, 2.75) is 13.0 Å². The summed E-state index contributed by atoms with van der Waals surface area (Å²) < 4.78 is 3.66. The van der Waals surface area contributed by atoms with Crippen LogP contribution in [-0.4, -0.2) is 30.2 Å². The van der Waals surface area contributed by atoms with Crippen LogP contribution in [0.4, 0.5) is 0 Å². The third kappa shape index (κ3) is 2.60. The molecule has 4 heterocycles. The second-order valence-electron chi connectivity index (χ2n) is 4.32. The summed E-state index contributed by atoms with van der Waals surface area (Å²) in [5.74, 6) is 0. The third-order valence-electron chi connectivity index (χ3n) is 2.92. The molecule has 8 heteroatoms. The fourth-order valence-electron chi connectivity index (χ4n) is 1.87. The molecule has 0 fully saturated rings. The minimum absolute atomic E-state index is 0.419. The number of aldehydes is 1. The molecule has 0 saturated heterocycles. The summed E-state index contributed by atoms with van der Waals surface area (Å²) >= 11 is 3.10. The molecule has 108 valence electrons. The van der Waals surface area contributed by atoms with Gasteiger partial charge in [0.1, 0.15) is 22.3 Å². The lowest BCUT2D eigenvalue weighted by Crippen LogP contribution is -1.94. The van der Waals surface area contributed by atoms with Crippen LogP contribution in [0.1, 0.15) is 29.2 Å². The lowest BCUT2D eigenvalue weighted by Gasteiger charge is -1.99. The van der Waals surface area contributed by atoms with Crippen LogP contribution in [0.5, 0.6) is 0 Å². The smallest absolute Gasteiger partial charge is 0.167 e. The molecule has 0 amide bonds. The molecule has 0 aliphatic carbocycles. The number of nitrogens with zero attached hydrogens (tertiary/aromatic N) is 4. The number of imidazole rings is 2. The molecule has 1 atom stereocenters. The summed E-state index contributed by atoms with van der Waals surface area (Å²) in [6.07, 6.45) is 7.28. The maximum Gasteiger partial charge on any atom is 0.167 e. The Hall–Kier alpha value is -2.03. The maximum atomic E-state index is 10.3. The van der Waals surface area contributed by atoms with Crippen molar-refractivity contribution < 1.29 is 9.90 Å². The van der Waals surface area contributed by atoms with Crippen molar-refractivity contribution in [2.24, 2.45) is 0 Å². The first-order valence-corrected chi connectivity index (χ1v) is 7.89. The van der Waals surface area contributed by atoms with E-state index < -0.39 is 6.10 Å². The van der Waals surface area contributed by atoms with Crippen LogP contribution in [0.3, 0.4) is 0 Å². The van der Waals surface area contributed by atoms with Crippen molar-refractivity contribution in [3.05, 3.63) is 47.2 Å². The van der Waals surface area contributed by atoms with Crippen molar-refractivity contribution in [1.82, 2.24) is 18.8 Å². The largest absolute Gasteiger partial charge is 0.387 e. The van der Waals surface area contributed by atoms with Gasteiger partial charge >= 0.3 is 0 Å². The van der Waals surface area contributed by atoms with Crippen LogP contribution in [0.25, 0.3) is 9.66 Å². The molecule has 0 aromatic carbocycles. The van der Waals surface area contributed by atoms with E-state index in [1.165, 1.54) is 11.3 Å².